The number of benzene rings is 10. The van der Waals surface area contributed by atoms with Crippen molar-refractivity contribution in [1.29, 1.82) is 0 Å². The van der Waals surface area contributed by atoms with Crippen LogP contribution in [0.25, 0.3) is 55.6 Å². The summed E-state index contributed by atoms with van der Waals surface area (Å²) >= 11 is 0. The topological polar surface area (TPSA) is 145 Å². The highest BCUT2D eigenvalue weighted by Crippen LogP contribution is 2.62. The molecule has 10 aromatic heterocycles. The molecule has 20 aromatic rings. The molecule has 0 amide bonds. The summed E-state index contributed by atoms with van der Waals surface area (Å²) in [5.41, 5.74) is 71.3. The van der Waals surface area contributed by atoms with Crippen molar-refractivity contribution in [3.05, 3.63) is 503 Å². The minimum Gasteiger partial charge on any atom is -0.308 e. The van der Waals surface area contributed by atoms with Gasteiger partial charge in [-0.05, 0) is 346 Å². The summed E-state index contributed by atoms with van der Waals surface area (Å²) in [5, 5.41) is 0. The number of hydrogen-bond acceptors (Lipinski definition) is 15. The van der Waals surface area contributed by atoms with Gasteiger partial charge in [0.1, 0.15) is 17.5 Å². The molecule has 140 heavy (non-hydrogen) atoms. The summed E-state index contributed by atoms with van der Waals surface area (Å²) in [6, 6.07) is 86.4. The molecule has 0 unspecified atom stereocenters. The maximum Gasteiger partial charge on any atom is 0.142 e. The van der Waals surface area contributed by atoms with Crippen LogP contribution in [-0.2, 0) is 96.3 Å². The van der Waals surface area contributed by atoms with Gasteiger partial charge in [0.15, 0.2) is 0 Å². The minimum absolute atomic E-state index is 0.905. The Morgan fingerprint density at radius 1 is 0.150 bits per heavy atom. The first-order valence-corrected chi connectivity index (χ1v) is 49.0. The van der Waals surface area contributed by atoms with Gasteiger partial charge in [-0.25, -0.2) is 15.0 Å². The molecular weight excluding hydrogens is 1710 g/mol. The third kappa shape index (κ3) is 11.5. The molecule has 10 aromatic carbocycles. The van der Waals surface area contributed by atoms with Crippen molar-refractivity contribution in [1.82, 2.24) is 49.8 Å². The lowest BCUT2D eigenvalue weighted by Crippen LogP contribution is -2.27. The average molecular weight is 1800 g/mol. The monoisotopic (exact) mass is 1800 g/mol. The Kier molecular flexibility index (Phi) is 16.8. The van der Waals surface area contributed by atoms with Crippen molar-refractivity contribution in [3.63, 3.8) is 0 Å². The number of pyridine rings is 10. The van der Waals surface area contributed by atoms with Gasteiger partial charge in [0.2, 0.25) is 0 Å². The SMILES string of the molecule is c1ccc2c(c1)Cc1c-2cc2c3c1Cc1cccnc1N3c1ncccc1C2.c1ccc2c(c1)Cc1c-2cc2c3c1Cc1ccncc1N3c1cnccc1C2.c1ccc2c(c1)Cc1c-2cc2c3c1Cc1ccncc1N3c1ncccc1C2.c1ccc2c(c1)Cc1c-2cc2c3c1Cc1cnccc1N3c1cnccc1C2.c1ccc2c(c1)Cc1c-2cc2c3c1Cc1ncccc1N3c1cnccc1C2. The number of nitrogens with zero attached hydrogens (tertiary/aromatic N) is 15. The molecule has 0 fully saturated rings. The zero-order valence-electron chi connectivity index (χ0n) is 76.6. The number of hydrogen-bond donors (Lipinski definition) is 0. The van der Waals surface area contributed by atoms with Crippen molar-refractivity contribution < 1.29 is 0 Å². The summed E-state index contributed by atoms with van der Waals surface area (Å²) in [6.07, 6.45) is 45.7. The Labute approximate surface area is 809 Å². The largest absolute Gasteiger partial charge is 0.308 e. The van der Waals surface area contributed by atoms with E-state index in [1.165, 1.54) is 285 Å². The van der Waals surface area contributed by atoms with E-state index in [-0.39, 0.29) is 0 Å². The van der Waals surface area contributed by atoms with Crippen LogP contribution < -0.4 is 24.5 Å². The molecule has 0 spiro atoms. The highest BCUT2D eigenvalue weighted by Gasteiger charge is 2.44. The third-order valence-electron chi connectivity index (χ3n) is 32.3. The van der Waals surface area contributed by atoms with E-state index in [2.05, 4.69) is 267 Å². The van der Waals surface area contributed by atoms with Gasteiger partial charge in [0.25, 0.3) is 0 Å². The van der Waals surface area contributed by atoms with E-state index in [9.17, 15) is 0 Å². The Hall–Kier alpha value is -17.3. The van der Waals surface area contributed by atoms with E-state index >= 15 is 0 Å². The number of anilines is 15. The Bertz CT molecular complexity index is 7660. The van der Waals surface area contributed by atoms with Crippen LogP contribution in [0.1, 0.15) is 167 Å². The lowest BCUT2D eigenvalue weighted by atomic mass is 9.83. The fourth-order valence-electron chi connectivity index (χ4n) is 26.4. The van der Waals surface area contributed by atoms with Crippen molar-refractivity contribution >= 4 is 85.7 Å². The Balaban J connectivity index is 0.0000000806. The summed E-state index contributed by atoms with van der Waals surface area (Å²) in [7, 11) is 0. The van der Waals surface area contributed by atoms with Crippen LogP contribution >= 0.6 is 0 Å². The molecule has 15 aliphatic rings. The normalized spacial score (nSPS) is 14.6. The molecule has 660 valence electrons. The van der Waals surface area contributed by atoms with Gasteiger partial charge in [-0.3, -0.25) is 44.7 Å². The maximum atomic E-state index is 4.78. The molecule has 0 N–H and O–H groups in total. The maximum absolute atomic E-state index is 4.78. The van der Waals surface area contributed by atoms with Crippen LogP contribution in [0.5, 0.6) is 0 Å². The highest BCUT2D eigenvalue weighted by molar-refractivity contribution is 6.00. The van der Waals surface area contributed by atoms with Gasteiger partial charge in [0, 0.05) is 132 Å². The molecule has 0 saturated carbocycles. The molecule has 5 aliphatic carbocycles. The fraction of sp³-hybridized carbons (Fsp3) is 0.120. The van der Waals surface area contributed by atoms with Crippen molar-refractivity contribution in [3.8, 4) is 55.6 Å². The van der Waals surface area contributed by atoms with Crippen molar-refractivity contribution in [2.24, 2.45) is 0 Å². The van der Waals surface area contributed by atoms with Gasteiger partial charge in [-0.2, -0.15) is 0 Å². The van der Waals surface area contributed by atoms with Crippen molar-refractivity contribution in [2.45, 2.75) is 96.3 Å². The molecule has 0 atom stereocenters. The van der Waals surface area contributed by atoms with Crippen LogP contribution in [0.3, 0.4) is 0 Å². The molecule has 0 bridgehead atoms. The predicted molar refractivity (Wildman–Crippen MR) is 553 cm³/mol. The van der Waals surface area contributed by atoms with E-state index in [1.54, 1.807) is 0 Å². The van der Waals surface area contributed by atoms with E-state index in [0.29, 0.717) is 0 Å². The Morgan fingerprint density at radius 2 is 0.407 bits per heavy atom. The average Bonchev–Trinajstić information content (AvgIpc) is 1.41. The van der Waals surface area contributed by atoms with E-state index in [0.717, 1.165) is 119 Å². The van der Waals surface area contributed by atoms with Gasteiger partial charge < -0.3 is 14.7 Å². The first kappa shape index (κ1) is 77.9. The smallest absolute Gasteiger partial charge is 0.142 e. The third-order valence-corrected chi connectivity index (χ3v) is 32.3. The first-order chi connectivity index (χ1) is 69.4. The van der Waals surface area contributed by atoms with Gasteiger partial charge >= 0.3 is 0 Å². The molecule has 35 rings (SSSR count). The first-order valence-electron chi connectivity index (χ1n) is 49.0. The van der Waals surface area contributed by atoms with Crippen LogP contribution in [0.4, 0.5) is 85.7 Å². The lowest BCUT2D eigenvalue weighted by Gasteiger charge is -2.39. The van der Waals surface area contributed by atoms with E-state index < -0.39 is 0 Å². The molecule has 0 saturated heterocycles. The van der Waals surface area contributed by atoms with E-state index in [1.807, 2.05) is 123 Å². The fourth-order valence-corrected chi connectivity index (χ4v) is 26.4. The minimum atomic E-state index is 0.905. The zero-order chi connectivity index (χ0) is 91.2. The number of fused-ring (bicyclic) bond motifs is 40. The quantitative estimate of drug-likeness (QED) is 0.142. The molecule has 15 nitrogen and oxygen atoms in total. The molecule has 15 heteroatoms. The summed E-state index contributed by atoms with van der Waals surface area (Å²) in [6.45, 7) is 0. The van der Waals surface area contributed by atoms with Gasteiger partial charge in [0.05, 0.1) is 105 Å². The molecule has 0 radical (unpaired) electrons. The molecule has 20 heterocycles. The summed E-state index contributed by atoms with van der Waals surface area (Å²) in [5.74, 6) is 3.12. The second kappa shape index (κ2) is 30.1. The molecular formula is C125H85N15. The van der Waals surface area contributed by atoms with Crippen molar-refractivity contribution in [2.75, 3.05) is 24.5 Å². The molecule has 10 aliphatic heterocycles. The number of rotatable bonds is 0. The zero-order valence-corrected chi connectivity index (χ0v) is 76.6. The standard InChI is InChI=1S/5C25H17N3/c1-2-8-19-15(5-1)12-21-20(19)14-18-11-16-6-3-9-26-24(16)28-23(18)22(21)13-17-7-4-10-27-25(17)28;1-2-6-19-15(4-1)11-21-20(19)13-18-10-17-5-3-8-27-25(17)28-23-14-26-9-7-16(23)12-22(21)24(18)28;1-2-5-18-15(4-1)11-20-19(18)12-17-10-16-7-9-26-14-24(16)28-23-6-3-8-27-22(23)13-21(20)25(17)28;1-2-4-19-15(3-1)10-21-20(19)11-17-9-16-5-7-27-14-24(16)28-23-6-8-26-13-18(23)12-22(21)25(17)28;1-2-4-19-15(3-1)10-21-20(19)12-18-9-16-5-7-26-13-23(16)28-24-14-27-8-6-17(24)11-22(21)25(18)28/h1-10,14H,11-13H2;1-9,13-14H,10-12H2;1-9,12,14H,10-11,13H2;1-8,11,13-14H,9-10,12H2;1-8,12-14H,9-11H2. The second-order valence-electron chi connectivity index (χ2n) is 39.5. The Morgan fingerprint density at radius 3 is 0.800 bits per heavy atom. The van der Waals surface area contributed by atoms with Crippen LogP contribution in [-0.4, -0.2) is 49.8 Å². The summed E-state index contributed by atoms with van der Waals surface area (Å²) in [4.78, 5) is 57.6. The lowest BCUT2D eigenvalue weighted by molar-refractivity contribution is 0.945. The van der Waals surface area contributed by atoms with Crippen LogP contribution in [0, 0.1) is 0 Å². The summed E-state index contributed by atoms with van der Waals surface area (Å²) < 4.78 is 0. The predicted octanol–water partition coefficient (Wildman–Crippen LogP) is 26.6. The van der Waals surface area contributed by atoms with Crippen LogP contribution in [0.2, 0.25) is 0 Å². The number of aromatic nitrogens is 10. The van der Waals surface area contributed by atoms with E-state index in [4.69, 9.17) is 19.9 Å². The van der Waals surface area contributed by atoms with Gasteiger partial charge in [-0.15, -0.1) is 0 Å². The van der Waals surface area contributed by atoms with Crippen LogP contribution in [0.15, 0.2) is 336 Å². The van der Waals surface area contributed by atoms with Gasteiger partial charge in [-0.1, -0.05) is 140 Å². The second-order valence-corrected chi connectivity index (χ2v) is 39.5. The highest BCUT2D eigenvalue weighted by atomic mass is 15.3.